The zero-order valence-corrected chi connectivity index (χ0v) is 14.4. The molecule has 112 valence electrons. The van der Waals surface area contributed by atoms with E-state index in [1.807, 2.05) is 26.2 Å². The van der Waals surface area contributed by atoms with Gasteiger partial charge >= 0.3 is 0 Å². The number of halogens is 1. The van der Waals surface area contributed by atoms with Gasteiger partial charge in [0, 0.05) is 23.4 Å². The van der Waals surface area contributed by atoms with Gasteiger partial charge in [0.2, 0.25) is 5.91 Å². The Bertz CT molecular complexity index is 628. The molecule has 0 aliphatic carbocycles. The molecule has 0 spiro atoms. The normalized spacial score (nSPS) is 12.2. The number of thiazole rings is 1. The van der Waals surface area contributed by atoms with Crippen LogP contribution in [0.3, 0.4) is 0 Å². The molecule has 2 heterocycles. The average molecular weight is 342 g/mol. The Labute approximate surface area is 137 Å². The fourth-order valence-electron chi connectivity index (χ4n) is 1.70. The highest BCUT2D eigenvalue weighted by Gasteiger charge is 2.16. The molecule has 1 amide bonds. The summed E-state index contributed by atoms with van der Waals surface area (Å²) in [6.07, 6.45) is 3.68. The van der Waals surface area contributed by atoms with Crippen LogP contribution in [-0.4, -0.2) is 27.9 Å². The maximum atomic E-state index is 12.1. The molecule has 1 N–H and O–H groups in total. The van der Waals surface area contributed by atoms with E-state index in [-0.39, 0.29) is 11.8 Å². The Balaban J connectivity index is 2.16. The minimum absolute atomic E-state index is 0.0249. The van der Waals surface area contributed by atoms with Crippen molar-refractivity contribution in [2.45, 2.75) is 13.8 Å². The minimum Gasteiger partial charge on any atom is -0.316 e. The van der Waals surface area contributed by atoms with Crippen LogP contribution in [0.4, 0.5) is 5.00 Å². The van der Waals surface area contributed by atoms with Gasteiger partial charge in [0.1, 0.15) is 15.2 Å². The molecule has 7 heteroatoms. The van der Waals surface area contributed by atoms with Gasteiger partial charge in [-0.25, -0.2) is 9.97 Å². The van der Waals surface area contributed by atoms with E-state index in [1.165, 1.54) is 11.3 Å². The molecule has 0 bridgehead atoms. The van der Waals surface area contributed by atoms with Crippen molar-refractivity contribution in [3.8, 4) is 10.6 Å². The van der Waals surface area contributed by atoms with Crippen LogP contribution in [0, 0.1) is 12.8 Å². The minimum atomic E-state index is -0.0258. The van der Waals surface area contributed by atoms with Crippen LogP contribution in [0.2, 0.25) is 5.15 Å². The lowest BCUT2D eigenvalue weighted by Crippen LogP contribution is -2.21. The molecule has 1 atom stereocenters. The first kappa shape index (κ1) is 16.3. The SMILES string of the molecule is CSCC(C)C(=O)Nc1sc(-c2ccc(Cl)nc2)nc1C. The molecule has 2 rings (SSSR count). The quantitative estimate of drug-likeness (QED) is 0.832. The van der Waals surface area contributed by atoms with Gasteiger partial charge in [-0.15, -0.1) is 0 Å². The molecule has 2 aromatic heterocycles. The van der Waals surface area contributed by atoms with Crippen LogP contribution in [-0.2, 0) is 4.79 Å². The van der Waals surface area contributed by atoms with Gasteiger partial charge < -0.3 is 5.32 Å². The van der Waals surface area contributed by atoms with Gasteiger partial charge in [-0.3, -0.25) is 4.79 Å². The van der Waals surface area contributed by atoms with Gasteiger partial charge in [-0.05, 0) is 25.3 Å². The molecule has 4 nitrogen and oxygen atoms in total. The summed E-state index contributed by atoms with van der Waals surface area (Å²) in [5.41, 5.74) is 1.71. The molecule has 0 radical (unpaired) electrons. The predicted octanol–water partition coefficient (Wildman–Crippen LogP) is 4.10. The Kier molecular flexibility index (Phi) is 5.61. The van der Waals surface area contributed by atoms with E-state index in [0.29, 0.717) is 5.15 Å². The van der Waals surface area contributed by atoms with E-state index in [2.05, 4.69) is 15.3 Å². The largest absolute Gasteiger partial charge is 0.316 e. The highest BCUT2D eigenvalue weighted by Crippen LogP contribution is 2.32. The number of nitrogens with one attached hydrogen (secondary N) is 1. The van der Waals surface area contributed by atoms with Crippen molar-refractivity contribution in [2.75, 3.05) is 17.3 Å². The van der Waals surface area contributed by atoms with Crippen molar-refractivity contribution in [2.24, 2.45) is 5.92 Å². The number of hydrogen-bond acceptors (Lipinski definition) is 5. The van der Waals surface area contributed by atoms with E-state index in [9.17, 15) is 4.79 Å². The first-order valence-electron chi connectivity index (χ1n) is 6.40. The van der Waals surface area contributed by atoms with Crippen molar-refractivity contribution in [3.05, 3.63) is 29.2 Å². The predicted molar refractivity (Wildman–Crippen MR) is 91.3 cm³/mol. The molecule has 0 saturated heterocycles. The third-order valence-electron chi connectivity index (χ3n) is 2.87. The van der Waals surface area contributed by atoms with E-state index in [4.69, 9.17) is 11.6 Å². The number of thioether (sulfide) groups is 1. The average Bonchev–Trinajstić information content (AvgIpc) is 2.81. The van der Waals surface area contributed by atoms with Gasteiger partial charge in [-0.2, -0.15) is 11.8 Å². The Hall–Kier alpha value is -1.11. The molecule has 0 fully saturated rings. The van der Waals surface area contributed by atoms with Crippen LogP contribution >= 0.6 is 34.7 Å². The highest BCUT2D eigenvalue weighted by molar-refractivity contribution is 7.98. The van der Waals surface area contributed by atoms with E-state index < -0.39 is 0 Å². The monoisotopic (exact) mass is 341 g/mol. The summed E-state index contributed by atoms with van der Waals surface area (Å²) >= 11 is 8.89. The maximum absolute atomic E-state index is 12.1. The molecule has 0 aliphatic heterocycles. The summed E-state index contributed by atoms with van der Waals surface area (Å²) in [6.45, 7) is 3.81. The number of amides is 1. The first-order valence-corrected chi connectivity index (χ1v) is 8.99. The molecule has 0 aromatic carbocycles. The van der Waals surface area contributed by atoms with Crippen molar-refractivity contribution in [1.29, 1.82) is 0 Å². The van der Waals surface area contributed by atoms with Crippen LogP contribution in [0.15, 0.2) is 18.3 Å². The van der Waals surface area contributed by atoms with Gasteiger partial charge in [0.25, 0.3) is 0 Å². The second kappa shape index (κ2) is 7.24. The Morgan fingerprint density at radius 3 is 2.90 bits per heavy atom. The van der Waals surface area contributed by atoms with Crippen molar-refractivity contribution < 1.29 is 4.79 Å². The number of anilines is 1. The molecule has 2 aromatic rings. The lowest BCUT2D eigenvalue weighted by molar-refractivity contribution is -0.118. The number of nitrogens with zero attached hydrogens (tertiary/aromatic N) is 2. The summed E-state index contributed by atoms with van der Waals surface area (Å²) in [5, 5.41) is 5.02. The highest BCUT2D eigenvalue weighted by atomic mass is 35.5. The fourth-order valence-corrected chi connectivity index (χ4v) is 3.42. The first-order chi connectivity index (χ1) is 10.0. The fraction of sp³-hybridized carbons (Fsp3) is 0.357. The van der Waals surface area contributed by atoms with Crippen LogP contribution < -0.4 is 5.32 Å². The lowest BCUT2D eigenvalue weighted by Gasteiger charge is -2.09. The summed E-state index contributed by atoms with van der Waals surface area (Å²) < 4.78 is 0. The Morgan fingerprint density at radius 2 is 2.29 bits per heavy atom. The van der Waals surface area contributed by atoms with Gasteiger partial charge in [-0.1, -0.05) is 29.9 Å². The number of aryl methyl sites for hydroxylation is 1. The molecule has 0 saturated carbocycles. The lowest BCUT2D eigenvalue weighted by atomic mass is 10.2. The third kappa shape index (κ3) is 4.18. The third-order valence-corrected chi connectivity index (χ3v) is 5.05. The summed E-state index contributed by atoms with van der Waals surface area (Å²) in [6, 6.07) is 3.60. The molecular formula is C14H16ClN3OS2. The number of aromatic nitrogens is 2. The summed E-state index contributed by atoms with van der Waals surface area (Å²) in [5.74, 6) is 0.802. The number of rotatable bonds is 5. The summed E-state index contributed by atoms with van der Waals surface area (Å²) in [4.78, 5) is 20.6. The van der Waals surface area contributed by atoms with Gasteiger partial charge in [0.15, 0.2) is 0 Å². The Morgan fingerprint density at radius 1 is 1.52 bits per heavy atom. The molecule has 0 aliphatic rings. The zero-order valence-electron chi connectivity index (χ0n) is 12.0. The molecule has 21 heavy (non-hydrogen) atoms. The summed E-state index contributed by atoms with van der Waals surface area (Å²) in [7, 11) is 0. The zero-order chi connectivity index (χ0) is 15.4. The second-order valence-corrected chi connectivity index (χ2v) is 6.95. The van der Waals surface area contributed by atoms with Crippen molar-refractivity contribution in [1.82, 2.24) is 9.97 Å². The van der Waals surface area contributed by atoms with Crippen LogP contribution in [0.1, 0.15) is 12.6 Å². The van der Waals surface area contributed by atoms with Gasteiger partial charge in [0.05, 0.1) is 5.69 Å². The van der Waals surface area contributed by atoms with Crippen LogP contribution in [0.5, 0.6) is 0 Å². The maximum Gasteiger partial charge on any atom is 0.228 e. The van der Waals surface area contributed by atoms with Crippen molar-refractivity contribution in [3.63, 3.8) is 0 Å². The topological polar surface area (TPSA) is 54.9 Å². The molecule has 1 unspecified atom stereocenters. The smallest absolute Gasteiger partial charge is 0.228 e. The standard InChI is InChI=1S/C14H16ClN3OS2/c1-8(7-20-3)12(19)18-13-9(2)17-14(21-13)10-4-5-11(15)16-6-10/h4-6,8H,7H2,1-3H3,(H,18,19). The van der Waals surface area contributed by atoms with E-state index >= 15 is 0 Å². The second-order valence-electron chi connectivity index (χ2n) is 4.65. The molecular weight excluding hydrogens is 326 g/mol. The number of carbonyl (C=O) groups is 1. The number of hydrogen-bond donors (Lipinski definition) is 1. The number of carbonyl (C=O) groups excluding carboxylic acids is 1. The van der Waals surface area contributed by atoms with Crippen molar-refractivity contribution >= 4 is 45.6 Å². The van der Waals surface area contributed by atoms with E-state index in [1.54, 1.807) is 24.0 Å². The number of pyridine rings is 1. The van der Waals surface area contributed by atoms with E-state index in [0.717, 1.165) is 27.0 Å². The van der Waals surface area contributed by atoms with Crippen LogP contribution in [0.25, 0.3) is 10.6 Å².